The molecular formula is C20H21Cl2N3O3. The Kier molecular flexibility index (Phi) is 7.14. The summed E-state index contributed by atoms with van der Waals surface area (Å²) in [5.74, 6) is -0.378. The van der Waals surface area contributed by atoms with Gasteiger partial charge in [-0.1, -0.05) is 23.2 Å². The summed E-state index contributed by atoms with van der Waals surface area (Å²) < 4.78 is 5.49. The van der Waals surface area contributed by atoms with Crippen LogP contribution < -0.4 is 16.0 Å². The number of ether oxygens (including phenoxy) is 1. The molecule has 0 spiro atoms. The molecule has 2 aromatic rings. The van der Waals surface area contributed by atoms with Crippen molar-refractivity contribution in [2.75, 3.05) is 30.3 Å². The van der Waals surface area contributed by atoms with Crippen molar-refractivity contribution in [3.8, 4) is 0 Å². The first-order chi connectivity index (χ1) is 13.5. The fourth-order valence-corrected chi connectivity index (χ4v) is 3.11. The minimum absolute atomic E-state index is 0.0710. The molecule has 2 amide bonds. The molecule has 1 saturated heterocycles. The van der Waals surface area contributed by atoms with Crippen LogP contribution in [0.4, 0.5) is 11.4 Å². The predicted molar refractivity (Wildman–Crippen MR) is 111 cm³/mol. The number of hydrogen-bond acceptors (Lipinski definition) is 4. The van der Waals surface area contributed by atoms with E-state index in [0.717, 1.165) is 19.4 Å². The smallest absolute Gasteiger partial charge is 0.251 e. The predicted octanol–water partition coefficient (Wildman–Crippen LogP) is 3.95. The van der Waals surface area contributed by atoms with Crippen LogP contribution in [-0.2, 0) is 9.53 Å². The number of rotatable bonds is 7. The Morgan fingerprint density at radius 1 is 1.04 bits per heavy atom. The molecule has 8 heteroatoms. The Labute approximate surface area is 173 Å². The molecule has 0 saturated carbocycles. The molecule has 1 atom stereocenters. The fraction of sp³-hybridized carbons (Fsp3) is 0.300. The normalized spacial score (nSPS) is 15.9. The number of carbonyl (C=O) groups excluding carboxylic acids is 2. The van der Waals surface area contributed by atoms with Gasteiger partial charge in [0.05, 0.1) is 22.7 Å². The highest BCUT2D eigenvalue weighted by atomic mass is 35.5. The van der Waals surface area contributed by atoms with Gasteiger partial charge in [0.1, 0.15) is 0 Å². The van der Waals surface area contributed by atoms with Crippen LogP contribution in [0.2, 0.25) is 10.0 Å². The number of benzene rings is 2. The molecule has 0 bridgehead atoms. The van der Waals surface area contributed by atoms with Gasteiger partial charge in [0.25, 0.3) is 5.91 Å². The van der Waals surface area contributed by atoms with Crippen molar-refractivity contribution in [3.63, 3.8) is 0 Å². The molecule has 3 N–H and O–H groups in total. The van der Waals surface area contributed by atoms with Crippen molar-refractivity contribution in [2.45, 2.75) is 18.9 Å². The SMILES string of the molecule is O=C(CNc1ccc(Cl)c(Cl)c1)Nc1ccc(C(=O)NCC2CCCO2)cc1. The molecule has 148 valence electrons. The maximum atomic E-state index is 12.2. The minimum atomic E-state index is -0.221. The van der Waals surface area contributed by atoms with Gasteiger partial charge in [0.2, 0.25) is 5.91 Å². The van der Waals surface area contributed by atoms with Crippen LogP contribution in [0.1, 0.15) is 23.2 Å². The average molecular weight is 422 g/mol. The lowest BCUT2D eigenvalue weighted by Crippen LogP contribution is -2.31. The van der Waals surface area contributed by atoms with E-state index >= 15 is 0 Å². The molecular weight excluding hydrogens is 401 g/mol. The van der Waals surface area contributed by atoms with Crippen LogP contribution in [0.15, 0.2) is 42.5 Å². The first-order valence-corrected chi connectivity index (χ1v) is 9.75. The zero-order valence-corrected chi connectivity index (χ0v) is 16.6. The summed E-state index contributed by atoms with van der Waals surface area (Å²) in [4.78, 5) is 24.2. The third kappa shape index (κ3) is 5.86. The Morgan fingerprint density at radius 3 is 2.46 bits per heavy atom. The molecule has 1 heterocycles. The zero-order valence-electron chi connectivity index (χ0n) is 15.1. The van der Waals surface area contributed by atoms with Crippen LogP contribution in [-0.4, -0.2) is 37.6 Å². The molecule has 6 nitrogen and oxygen atoms in total. The molecule has 0 aromatic heterocycles. The lowest BCUT2D eigenvalue weighted by atomic mass is 10.2. The Morgan fingerprint density at radius 2 is 1.79 bits per heavy atom. The summed E-state index contributed by atoms with van der Waals surface area (Å²) in [6.07, 6.45) is 2.11. The van der Waals surface area contributed by atoms with Gasteiger partial charge in [-0.2, -0.15) is 0 Å². The minimum Gasteiger partial charge on any atom is -0.376 e. The summed E-state index contributed by atoms with van der Waals surface area (Å²) in [5.41, 5.74) is 1.84. The Hall–Kier alpha value is -2.28. The Bertz CT molecular complexity index is 837. The highest BCUT2D eigenvalue weighted by Crippen LogP contribution is 2.24. The third-order valence-corrected chi connectivity index (χ3v) is 5.06. The highest BCUT2D eigenvalue weighted by Gasteiger charge is 2.16. The molecule has 2 aromatic carbocycles. The number of halogens is 2. The average Bonchev–Trinajstić information content (AvgIpc) is 3.21. The summed E-state index contributed by atoms with van der Waals surface area (Å²) in [5, 5.41) is 9.48. The second-order valence-electron chi connectivity index (χ2n) is 6.45. The standard InChI is InChI=1S/C20H21Cl2N3O3/c21-17-8-7-15(10-18(17)22)23-12-19(26)25-14-5-3-13(4-6-14)20(27)24-11-16-2-1-9-28-16/h3-8,10,16,23H,1-2,9,11-12H2,(H,24,27)(H,25,26). The van der Waals surface area contributed by atoms with E-state index in [1.54, 1.807) is 42.5 Å². The van der Waals surface area contributed by atoms with Crippen molar-refractivity contribution in [1.29, 1.82) is 0 Å². The molecule has 1 fully saturated rings. The van der Waals surface area contributed by atoms with Crippen LogP contribution in [0.25, 0.3) is 0 Å². The van der Waals surface area contributed by atoms with E-state index in [0.29, 0.717) is 33.5 Å². The van der Waals surface area contributed by atoms with Crippen molar-refractivity contribution in [3.05, 3.63) is 58.1 Å². The number of anilines is 2. The van der Waals surface area contributed by atoms with Gasteiger partial charge in [-0.3, -0.25) is 9.59 Å². The lowest BCUT2D eigenvalue weighted by molar-refractivity contribution is -0.114. The summed E-state index contributed by atoms with van der Waals surface area (Å²) in [7, 11) is 0. The molecule has 1 aliphatic rings. The van der Waals surface area contributed by atoms with Gasteiger partial charge >= 0.3 is 0 Å². The van der Waals surface area contributed by atoms with E-state index in [9.17, 15) is 9.59 Å². The second-order valence-corrected chi connectivity index (χ2v) is 7.27. The van der Waals surface area contributed by atoms with E-state index < -0.39 is 0 Å². The monoisotopic (exact) mass is 421 g/mol. The van der Waals surface area contributed by atoms with E-state index in [4.69, 9.17) is 27.9 Å². The maximum absolute atomic E-state index is 12.2. The Balaban J connectivity index is 1.45. The number of nitrogens with one attached hydrogen (secondary N) is 3. The van der Waals surface area contributed by atoms with Gasteiger partial charge in [-0.05, 0) is 55.3 Å². The van der Waals surface area contributed by atoms with Crippen LogP contribution >= 0.6 is 23.2 Å². The van der Waals surface area contributed by atoms with Gasteiger partial charge < -0.3 is 20.7 Å². The van der Waals surface area contributed by atoms with Crippen LogP contribution in [0, 0.1) is 0 Å². The van der Waals surface area contributed by atoms with Gasteiger partial charge in [-0.25, -0.2) is 0 Å². The molecule has 28 heavy (non-hydrogen) atoms. The fourth-order valence-electron chi connectivity index (χ4n) is 2.81. The van der Waals surface area contributed by atoms with E-state index in [2.05, 4.69) is 16.0 Å². The van der Waals surface area contributed by atoms with Crippen molar-refractivity contribution in [1.82, 2.24) is 5.32 Å². The molecule has 1 unspecified atom stereocenters. The molecule has 1 aliphatic heterocycles. The largest absolute Gasteiger partial charge is 0.376 e. The molecule has 0 radical (unpaired) electrons. The van der Waals surface area contributed by atoms with Crippen molar-refractivity contribution in [2.24, 2.45) is 0 Å². The van der Waals surface area contributed by atoms with Crippen LogP contribution in [0.5, 0.6) is 0 Å². The van der Waals surface area contributed by atoms with Crippen molar-refractivity contribution < 1.29 is 14.3 Å². The second kappa shape index (κ2) is 9.78. The van der Waals surface area contributed by atoms with E-state index in [1.165, 1.54) is 0 Å². The maximum Gasteiger partial charge on any atom is 0.251 e. The summed E-state index contributed by atoms with van der Waals surface area (Å²) in [6.45, 7) is 1.34. The van der Waals surface area contributed by atoms with Crippen LogP contribution in [0.3, 0.4) is 0 Å². The highest BCUT2D eigenvalue weighted by molar-refractivity contribution is 6.42. The van der Waals surface area contributed by atoms with Gasteiger partial charge in [0, 0.05) is 30.1 Å². The van der Waals surface area contributed by atoms with Crippen molar-refractivity contribution >= 4 is 46.4 Å². The number of carbonyl (C=O) groups is 2. The summed E-state index contributed by atoms with van der Waals surface area (Å²) in [6, 6.07) is 11.8. The van der Waals surface area contributed by atoms with E-state index in [-0.39, 0.29) is 24.5 Å². The topological polar surface area (TPSA) is 79.5 Å². The van der Waals surface area contributed by atoms with Gasteiger partial charge in [0.15, 0.2) is 0 Å². The molecule has 0 aliphatic carbocycles. The zero-order chi connectivity index (χ0) is 19.9. The third-order valence-electron chi connectivity index (χ3n) is 4.32. The lowest BCUT2D eigenvalue weighted by Gasteiger charge is -2.11. The summed E-state index contributed by atoms with van der Waals surface area (Å²) >= 11 is 11.8. The number of hydrogen-bond donors (Lipinski definition) is 3. The number of amides is 2. The first kappa shape index (κ1) is 20.5. The molecule has 3 rings (SSSR count). The quantitative estimate of drug-likeness (QED) is 0.631. The van der Waals surface area contributed by atoms with E-state index in [1.807, 2.05) is 0 Å². The van der Waals surface area contributed by atoms with Gasteiger partial charge in [-0.15, -0.1) is 0 Å². The first-order valence-electron chi connectivity index (χ1n) is 9.00.